The Morgan fingerprint density at radius 1 is 1.30 bits per heavy atom. The van der Waals surface area contributed by atoms with E-state index < -0.39 is 11.7 Å². The first kappa shape index (κ1) is 20.8. The smallest absolute Gasteiger partial charge is 0.410 e. The second-order valence-electron chi connectivity index (χ2n) is 7.76. The van der Waals surface area contributed by atoms with Gasteiger partial charge in [0.2, 0.25) is 0 Å². The van der Waals surface area contributed by atoms with Crippen LogP contribution in [0.2, 0.25) is 0 Å². The highest BCUT2D eigenvalue weighted by Gasteiger charge is 2.38. The minimum Gasteiger partial charge on any atom is -0.445 e. The van der Waals surface area contributed by atoms with Crippen molar-refractivity contribution in [3.8, 4) is 0 Å². The van der Waals surface area contributed by atoms with Gasteiger partial charge in [-0.05, 0) is 45.1 Å². The maximum Gasteiger partial charge on any atom is 0.410 e. The van der Waals surface area contributed by atoms with E-state index in [2.05, 4.69) is 11.9 Å². The molecule has 1 aromatic rings. The van der Waals surface area contributed by atoms with Gasteiger partial charge in [-0.15, -0.1) is 6.58 Å². The Morgan fingerprint density at radius 2 is 2.00 bits per heavy atom. The van der Waals surface area contributed by atoms with Crippen LogP contribution in [-0.4, -0.2) is 41.8 Å². The van der Waals surface area contributed by atoms with Gasteiger partial charge in [0.25, 0.3) is 0 Å². The van der Waals surface area contributed by atoms with Crippen LogP contribution in [0.1, 0.15) is 39.2 Å². The van der Waals surface area contributed by atoms with Gasteiger partial charge >= 0.3 is 12.2 Å². The van der Waals surface area contributed by atoms with Crippen LogP contribution in [0, 0.1) is 5.92 Å². The SMILES string of the molecule is C=CC[C@@H]1C(CNC(=O)OCc2ccccc2)CCN1C(=O)OC(C)(C)C. The molecule has 0 aromatic heterocycles. The Hall–Kier alpha value is -2.50. The van der Waals surface area contributed by atoms with Crippen molar-refractivity contribution in [1.29, 1.82) is 0 Å². The number of hydrogen-bond acceptors (Lipinski definition) is 4. The first-order chi connectivity index (χ1) is 12.8. The van der Waals surface area contributed by atoms with Gasteiger partial charge < -0.3 is 19.7 Å². The average Bonchev–Trinajstić information content (AvgIpc) is 3.01. The van der Waals surface area contributed by atoms with Crippen molar-refractivity contribution in [2.24, 2.45) is 5.92 Å². The summed E-state index contributed by atoms with van der Waals surface area (Å²) in [4.78, 5) is 26.2. The van der Waals surface area contributed by atoms with E-state index in [9.17, 15) is 9.59 Å². The molecule has 0 radical (unpaired) electrons. The van der Waals surface area contributed by atoms with Crippen molar-refractivity contribution in [2.75, 3.05) is 13.1 Å². The molecule has 0 spiro atoms. The van der Waals surface area contributed by atoms with Crippen LogP contribution < -0.4 is 5.32 Å². The summed E-state index contributed by atoms with van der Waals surface area (Å²) in [7, 11) is 0. The summed E-state index contributed by atoms with van der Waals surface area (Å²) >= 11 is 0. The number of carbonyl (C=O) groups excluding carboxylic acids is 2. The highest BCUT2D eigenvalue weighted by atomic mass is 16.6. The van der Waals surface area contributed by atoms with E-state index in [0.717, 1.165) is 12.0 Å². The highest BCUT2D eigenvalue weighted by molar-refractivity contribution is 5.69. The third-order valence-electron chi connectivity index (χ3n) is 4.44. The van der Waals surface area contributed by atoms with Crippen molar-refractivity contribution in [2.45, 2.75) is 51.9 Å². The molecule has 1 saturated heterocycles. The highest BCUT2D eigenvalue weighted by Crippen LogP contribution is 2.28. The number of rotatable bonds is 6. The lowest BCUT2D eigenvalue weighted by Gasteiger charge is -2.30. The Bertz CT molecular complexity index is 639. The predicted octanol–water partition coefficient (Wildman–Crippen LogP) is 4.11. The van der Waals surface area contributed by atoms with E-state index in [4.69, 9.17) is 9.47 Å². The third kappa shape index (κ3) is 6.62. The Balaban J connectivity index is 1.84. The topological polar surface area (TPSA) is 67.9 Å². The van der Waals surface area contributed by atoms with Crippen LogP contribution in [0.25, 0.3) is 0 Å². The molecule has 148 valence electrons. The number of benzene rings is 1. The summed E-state index contributed by atoms with van der Waals surface area (Å²) in [5.74, 6) is 0.139. The van der Waals surface area contributed by atoms with Gasteiger partial charge in [-0.25, -0.2) is 9.59 Å². The fourth-order valence-electron chi connectivity index (χ4n) is 3.18. The summed E-state index contributed by atoms with van der Waals surface area (Å²) in [5, 5.41) is 2.82. The number of likely N-dealkylation sites (tertiary alicyclic amines) is 1. The predicted molar refractivity (Wildman–Crippen MR) is 104 cm³/mol. The number of nitrogens with zero attached hydrogens (tertiary/aromatic N) is 1. The Morgan fingerprint density at radius 3 is 2.63 bits per heavy atom. The van der Waals surface area contributed by atoms with E-state index in [-0.39, 0.29) is 24.7 Å². The van der Waals surface area contributed by atoms with Gasteiger partial charge in [-0.3, -0.25) is 0 Å². The molecule has 6 nitrogen and oxygen atoms in total. The lowest BCUT2D eigenvalue weighted by atomic mass is 9.97. The quantitative estimate of drug-likeness (QED) is 0.761. The molecule has 1 aliphatic heterocycles. The molecule has 0 saturated carbocycles. The number of carbonyl (C=O) groups is 2. The molecule has 1 heterocycles. The number of ether oxygens (including phenoxy) is 2. The van der Waals surface area contributed by atoms with E-state index >= 15 is 0 Å². The van der Waals surface area contributed by atoms with Crippen LogP contribution >= 0.6 is 0 Å². The summed E-state index contributed by atoms with van der Waals surface area (Å²) in [5.41, 5.74) is 0.405. The lowest BCUT2D eigenvalue weighted by molar-refractivity contribution is 0.0210. The van der Waals surface area contributed by atoms with Gasteiger partial charge in [-0.1, -0.05) is 36.4 Å². The molecule has 1 aromatic carbocycles. The van der Waals surface area contributed by atoms with Crippen LogP contribution in [0.15, 0.2) is 43.0 Å². The summed E-state index contributed by atoms with van der Waals surface area (Å²) in [6.07, 6.45) is 2.49. The number of hydrogen-bond donors (Lipinski definition) is 1. The van der Waals surface area contributed by atoms with Gasteiger partial charge in [0.1, 0.15) is 12.2 Å². The largest absolute Gasteiger partial charge is 0.445 e. The Kier molecular flexibility index (Phi) is 7.28. The van der Waals surface area contributed by atoms with Crippen molar-refractivity contribution in [3.05, 3.63) is 48.6 Å². The van der Waals surface area contributed by atoms with Crippen LogP contribution in [-0.2, 0) is 16.1 Å². The average molecular weight is 374 g/mol. The first-order valence-electron chi connectivity index (χ1n) is 9.35. The van der Waals surface area contributed by atoms with E-state index in [1.54, 1.807) is 11.0 Å². The summed E-state index contributed by atoms with van der Waals surface area (Å²) in [6, 6.07) is 9.50. The molecule has 1 aliphatic rings. The molecular weight excluding hydrogens is 344 g/mol. The maximum atomic E-state index is 12.4. The molecule has 1 N–H and O–H groups in total. The summed E-state index contributed by atoms with van der Waals surface area (Å²) in [6.45, 7) is 10.6. The van der Waals surface area contributed by atoms with Crippen LogP contribution in [0.5, 0.6) is 0 Å². The molecule has 1 unspecified atom stereocenters. The zero-order chi connectivity index (χ0) is 19.9. The number of alkyl carbamates (subject to hydrolysis) is 1. The zero-order valence-electron chi connectivity index (χ0n) is 16.4. The van der Waals surface area contributed by atoms with Gasteiger partial charge in [0.15, 0.2) is 0 Å². The molecule has 6 heteroatoms. The first-order valence-corrected chi connectivity index (χ1v) is 9.35. The zero-order valence-corrected chi connectivity index (χ0v) is 16.4. The minimum absolute atomic E-state index is 0.0354. The van der Waals surface area contributed by atoms with E-state index in [1.807, 2.05) is 51.1 Å². The standard InChI is InChI=1S/C21H30N2O4/c1-5-9-18-17(12-13-23(18)20(25)27-21(2,3)4)14-22-19(24)26-15-16-10-7-6-8-11-16/h5-8,10-11,17-18H,1,9,12-15H2,2-4H3,(H,22,24)/t17?,18-/m1/s1. The molecule has 2 rings (SSSR count). The number of amides is 2. The third-order valence-corrected chi connectivity index (χ3v) is 4.44. The summed E-state index contributed by atoms with van der Waals surface area (Å²) < 4.78 is 10.7. The van der Waals surface area contributed by atoms with E-state index in [0.29, 0.717) is 19.5 Å². The van der Waals surface area contributed by atoms with Gasteiger partial charge in [0, 0.05) is 19.1 Å². The van der Waals surface area contributed by atoms with Crippen LogP contribution in [0.4, 0.5) is 9.59 Å². The molecule has 0 bridgehead atoms. The van der Waals surface area contributed by atoms with Crippen molar-refractivity contribution >= 4 is 12.2 Å². The minimum atomic E-state index is -0.534. The van der Waals surface area contributed by atoms with Gasteiger partial charge in [-0.2, -0.15) is 0 Å². The fraction of sp³-hybridized carbons (Fsp3) is 0.524. The molecule has 2 atom stereocenters. The van der Waals surface area contributed by atoms with Crippen molar-refractivity contribution in [3.63, 3.8) is 0 Å². The molecule has 1 fully saturated rings. The molecule has 0 aliphatic carbocycles. The van der Waals surface area contributed by atoms with Gasteiger partial charge in [0.05, 0.1) is 0 Å². The normalized spacial score (nSPS) is 19.4. The van der Waals surface area contributed by atoms with Crippen LogP contribution in [0.3, 0.4) is 0 Å². The Labute approximate surface area is 161 Å². The number of nitrogens with one attached hydrogen (secondary N) is 1. The van der Waals surface area contributed by atoms with Crippen molar-refractivity contribution < 1.29 is 19.1 Å². The monoisotopic (exact) mass is 374 g/mol. The second kappa shape index (κ2) is 9.44. The molecule has 2 amide bonds. The second-order valence-corrected chi connectivity index (χ2v) is 7.76. The van der Waals surface area contributed by atoms with E-state index in [1.165, 1.54) is 0 Å². The maximum absolute atomic E-state index is 12.4. The molecule has 27 heavy (non-hydrogen) atoms. The van der Waals surface area contributed by atoms with Crippen molar-refractivity contribution in [1.82, 2.24) is 10.2 Å². The molecular formula is C21H30N2O4. The fourth-order valence-corrected chi connectivity index (χ4v) is 3.18. The lowest BCUT2D eigenvalue weighted by Crippen LogP contribution is -2.43.